The summed E-state index contributed by atoms with van der Waals surface area (Å²) < 4.78 is 3.50. The summed E-state index contributed by atoms with van der Waals surface area (Å²) in [4.78, 5) is 14.1. The van der Waals surface area contributed by atoms with Crippen LogP contribution in [0.5, 0.6) is 0 Å². The van der Waals surface area contributed by atoms with Crippen LogP contribution in [0.3, 0.4) is 0 Å². The van der Waals surface area contributed by atoms with Gasteiger partial charge in [0, 0.05) is 11.9 Å². The van der Waals surface area contributed by atoms with Gasteiger partial charge >= 0.3 is 0 Å². The molecular formula is C9H7N3O2S2. The molecule has 1 saturated heterocycles. The molecule has 2 rings (SSSR count). The summed E-state index contributed by atoms with van der Waals surface area (Å²) in [6.45, 7) is 0. The number of amidine groups is 1. The van der Waals surface area contributed by atoms with Crippen molar-refractivity contribution >= 4 is 34.6 Å². The maximum absolute atomic E-state index is 10.3. The largest absolute Gasteiger partial charge is 0.304 e. The Bertz CT molecular complexity index is 459. The molecule has 0 bridgehead atoms. The second kappa shape index (κ2) is 5.04. The van der Waals surface area contributed by atoms with Crippen molar-refractivity contribution in [1.29, 1.82) is 0 Å². The second-order valence-electron chi connectivity index (χ2n) is 2.79. The normalized spacial score (nSPS) is 20.0. The topological polar surface area (TPSA) is 67.5 Å². The second-order valence-corrected chi connectivity index (χ2v) is 4.93. The molecule has 82 valence electrons. The number of nitro groups is 1. The van der Waals surface area contributed by atoms with Crippen LogP contribution in [0.2, 0.25) is 0 Å². The van der Waals surface area contributed by atoms with Crippen molar-refractivity contribution < 1.29 is 4.92 Å². The van der Waals surface area contributed by atoms with Gasteiger partial charge in [-0.3, -0.25) is 10.1 Å². The monoisotopic (exact) mass is 253 g/mol. The lowest BCUT2D eigenvalue weighted by Crippen LogP contribution is -2.02. The molecule has 7 heteroatoms. The van der Waals surface area contributed by atoms with Crippen LogP contribution in [0.4, 0.5) is 5.69 Å². The maximum atomic E-state index is 10.3. The van der Waals surface area contributed by atoms with Gasteiger partial charge in [0.25, 0.3) is 6.20 Å². The predicted octanol–water partition coefficient (Wildman–Crippen LogP) is 2.73. The molecule has 1 N–H and O–H groups in total. The Kier molecular flexibility index (Phi) is 3.47. The molecule has 0 aliphatic carbocycles. The average Bonchev–Trinajstić information content (AvgIpc) is 2.66. The van der Waals surface area contributed by atoms with Crippen molar-refractivity contribution in [3.05, 3.63) is 50.9 Å². The van der Waals surface area contributed by atoms with E-state index in [4.69, 9.17) is 0 Å². The maximum Gasteiger partial charge on any atom is 0.256 e. The number of aliphatic imine (C=N–C) groups is 1. The average molecular weight is 253 g/mol. The first-order chi connectivity index (χ1) is 7.74. The van der Waals surface area contributed by atoms with E-state index in [1.807, 2.05) is 30.3 Å². The third kappa shape index (κ3) is 3.01. The minimum Gasteiger partial charge on any atom is -0.304 e. The van der Waals surface area contributed by atoms with Crippen molar-refractivity contribution in [2.45, 2.75) is 0 Å². The van der Waals surface area contributed by atoms with Gasteiger partial charge in [-0.25, -0.2) is 4.99 Å². The Morgan fingerprint density at radius 3 is 2.81 bits per heavy atom. The number of hydrogen-bond donors (Lipinski definition) is 1. The molecule has 0 spiro atoms. The van der Waals surface area contributed by atoms with Gasteiger partial charge in [0.05, 0.1) is 10.6 Å². The molecule has 1 aromatic rings. The highest BCUT2D eigenvalue weighted by atomic mass is 32.2. The van der Waals surface area contributed by atoms with Crippen LogP contribution < -0.4 is 4.72 Å². The molecule has 1 aromatic carbocycles. The predicted molar refractivity (Wildman–Crippen MR) is 66.9 cm³/mol. The molecule has 5 nitrogen and oxygen atoms in total. The number of para-hydroxylation sites is 1. The summed E-state index contributed by atoms with van der Waals surface area (Å²) in [5.41, 5.74) is 0.820. The summed E-state index contributed by atoms with van der Waals surface area (Å²) in [7, 11) is 0. The highest BCUT2D eigenvalue weighted by molar-refractivity contribution is 8.33. The lowest BCUT2D eigenvalue weighted by Gasteiger charge is -1.94. The van der Waals surface area contributed by atoms with Crippen LogP contribution in [0.25, 0.3) is 0 Å². The van der Waals surface area contributed by atoms with Gasteiger partial charge in [0.15, 0.2) is 5.17 Å². The minimum atomic E-state index is -0.470. The molecule has 0 amide bonds. The summed E-state index contributed by atoms with van der Waals surface area (Å²) in [5.74, 6) is 0. The summed E-state index contributed by atoms with van der Waals surface area (Å²) in [6.07, 6.45) is 0.968. The van der Waals surface area contributed by atoms with Crippen LogP contribution in [-0.2, 0) is 0 Å². The fourth-order valence-corrected chi connectivity index (χ4v) is 2.71. The fourth-order valence-electron chi connectivity index (χ4n) is 1.04. The highest BCUT2D eigenvalue weighted by Crippen LogP contribution is 2.35. The number of hydrogen-bond acceptors (Lipinski definition) is 5. The van der Waals surface area contributed by atoms with Crippen molar-refractivity contribution in [1.82, 2.24) is 4.72 Å². The van der Waals surface area contributed by atoms with Crippen LogP contribution in [0.15, 0.2) is 45.8 Å². The molecule has 1 heterocycles. The van der Waals surface area contributed by atoms with Crippen molar-refractivity contribution in [3.8, 4) is 0 Å². The van der Waals surface area contributed by atoms with Crippen LogP contribution in [0, 0.1) is 10.1 Å². The number of thioether (sulfide) groups is 1. The standard InChI is InChI=1S/C9H7N3O2S2/c13-12(14)6-8-15-9(11-16-8)10-7-4-2-1-3-5-7/h1-6H,(H,10,11)/b8-6-. The van der Waals surface area contributed by atoms with Gasteiger partial charge < -0.3 is 4.72 Å². The smallest absolute Gasteiger partial charge is 0.256 e. The van der Waals surface area contributed by atoms with Crippen LogP contribution in [0.1, 0.15) is 0 Å². The molecule has 0 atom stereocenters. The molecule has 1 fully saturated rings. The zero-order valence-corrected chi connectivity index (χ0v) is 9.62. The highest BCUT2D eigenvalue weighted by Gasteiger charge is 2.18. The quantitative estimate of drug-likeness (QED) is 0.498. The van der Waals surface area contributed by atoms with E-state index >= 15 is 0 Å². The Labute approximate surface area is 100 Å². The lowest BCUT2D eigenvalue weighted by molar-refractivity contribution is -0.402. The third-order valence-corrected chi connectivity index (χ3v) is 3.56. The number of nitrogens with zero attached hydrogens (tertiary/aromatic N) is 2. The van der Waals surface area contributed by atoms with E-state index < -0.39 is 4.92 Å². The van der Waals surface area contributed by atoms with Gasteiger partial charge in [-0.2, -0.15) is 0 Å². The van der Waals surface area contributed by atoms with Gasteiger partial charge in [0.1, 0.15) is 4.24 Å². The van der Waals surface area contributed by atoms with E-state index in [0.29, 0.717) is 9.40 Å². The fraction of sp³-hybridized carbons (Fsp3) is 0. The Hall–Kier alpha value is -1.47. The lowest BCUT2D eigenvalue weighted by atomic mass is 10.3. The van der Waals surface area contributed by atoms with Gasteiger partial charge in [-0.05, 0) is 23.9 Å². The molecule has 16 heavy (non-hydrogen) atoms. The van der Waals surface area contributed by atoms with Crippen LogP contribution >= 0.6 is 23.7 Å². The first-order valence-electron chi connectivity index (χ1n) is 4.34. The van der Waals surface area contributed by atoms with Crippen LogP contribution in [-0.4, -0.2) is 10.1 Å². The molecule has 0 unspecified atom stereocenters. The molecule has 0 aromatic heterocycles. The van der Waals surface area contributed by atoms with Gasteiger partial charge in [-0.15, -0.1) is 0 Å². The SMILES string of the molecule is O=[N+]([O-])/C=C1\SNC(=Nc2ccccc2)S1. The van der Waals surface area contributed by atoms with E-state index in [2.05, 4.69) is 9.71 Å². The summed E-state index contributed by atoms with van der Waals surface area (Å²) in [5, 5.41) is 10.9. The van der Waals surface area contributed by atoms with Gasteiger partial charge in [0.2, 0.25) is 0 Å². The van der Waals surface area contributed by atoms with Gasteiger partial charge in [-0.1, -0.05) is 18.2 Å². The van der Waals surface area contributed by atoms with E-state index in [1.54, 1.807) is 0 Å². The van der Waals surface area contributed by atoms with Crippen molar-refractivity contribution in [2.75, 3.05) is 0 Å². The molecule has 1 aliphatic heterocycles. The third-order valence-electron chi connectivity index (χ3n) is 1.63. The molecular weight excluding hydrogens is 246 g/mol. The number of benzene rings is 1. The van der Waals surface area contributed by atoms with E-state index in [1.165, 1.54) is 23.7 Å². The zero-order valence-electron chi connectivity index (χ0n) is 7.99. The number of nitrogens with one attached hydrogen (secondary N) is 1. The van der Waals surface area contributed by atoms with Crippen molar-refractivity contribution in [3.63, 3.8) is 0 Å². The summed E-state index contributed by atoms with van der Waals surface area (Å²) in [6, 6.07) is 9.43. The first-order valence-corrected chi connectivity index (χ1v) is 5.97. The minimum absolute atomic E-state index is 0.470. The number of rotatable bonds is 2. The van der Waals surface area contributed by atoms with E-state index in [9.17, 15) is 10.1 Å². The molecule has 0 radical (unpaired) electrons. The molecule has 0 saturated carbocycles. The van der Waals surface area contributed by atoms with E-state index in [0.717, 1.165) is 11.9 Å². The van der Waals surface area contributed by atoms with E-state index in [-0.39, 0.29) is 0 Å². The Morgan fingerprint density at radius 1 is 1.38 bits per heavy atom. The Balaban J connectivity index is 2.09. The summed E-state index contributed by atoms with van der Waals surface area (Å²) >= 11 is 2.45. The first kappa shape index (κ1) is 11.0. The zero-order chi connectivity index (χ0) is 11.4. The molecule has 1 aliphatic rings. The Morgan fingerprint density at radius 2 is 2.12 bits per heavy atom. The van der Waals surface area contributed by atoms with Crippen molar-refractivity contribution in [2.24, 2.45) is 4.99 Å².